The van der Waals surface area contributed by atoms with Crippen LogP contribution in [0.3, 0.4) is 0 Å². The van der Waals surface area contributed by atoms with E-state index in [1.807, 2.05) is 6.92 Å². The monoisotopic (exact) mass is 204 g/mol. The van der Waals surface area contributed by atoms with Gasteiger partial charge in [-0.05, 0) is 19.4 Å². The summed E-state index contributed by atoms with van der Waals surface area (Å²) in [7, 11) is 0. The van der Waals surface area contributed by atoms with Gasteiger partial charge in [0.2, 0.25) is 5.91 Å². The fourth-order valence-corrected chi connectivity index (χ4v) is 0.501. The number of aliphatic hydroxyl groups excluding tert-OH is 1. The van der Waals surface area contributed by atoms with E-state index in [1.165, 1.54) is 6.42 Å². The summed E-state index contributed by atoms with van der Waals surface area (Å²) in [5, 5.41) is 10.8. The van der Waals surface area contributed by atoms with E-state index < -0.39 is 0 Å². The maximum absolute atomic E-state index is 10.3. The normalized spacial score (nSPS) is 12.9. The molecule has 4 nitrogen and oxygen atoms in total. The molecule has 0 bridgehead atoms. The molecule has 86 valence electrons. The minimum Gasteiger partial charge on any atom is -0.387 e. The Hall–Kier alpha value is -0.610. The van der Waals surface area contributed by atoms with Gasteiger partial charge in [-0.2, -0.15) is 0 Å². The van der Waals surface area contributed by atoms with Crippen LogP contribution in [0.4, 0.5) is 0 Å². The molecule has 1 fully saturated rings. The van der Waals surface area contributed by atoms with Crippen LogP contribution >= 0.6 is 0 Å². The van der Waals surface area contributed by atoms with Gasteiger partial charge in [0.1, 0.15) is 6.61 Å². The Morgan fingerprint density at radius 2 is 1.79 bits per heavy atom. The third-order valence-electron chi connectivity index (χ3n) is 1.09. The SMILES string of the molecule is CCC.CCN.O=C(CO)NC1CC1. The first-order chi connectivity index (χ1) is 6.65. The van der Waals surface area contributed by atoms with Gasteiger partial charge >= 0.3 is 0 Å². The fourth-order valence-electron chi connectivity index (χ4n) is 0.501. The summed E-state index contributed by atoms with van der Waals surface area (Å²) in [5.74, 6) is -0.257. The highest BCUT2D eigenvalue weighted by Crippen LogP contribution is 2.17. The number of aliphatic hydroxyl groups is 1. The Labute approximate surface area is 86.9 Å². The van der Waals surface area contributed by atoms with Gasteiger partial charge in [0.05, 0.1) is 0 Å². The molecule has 14 heavy (non-hydrogen) atoms. The summed E-state index contributed by atoms with van der Waals surface area (Å²) in [6.07, 6.45) is 3.40. The minimum atomic E-state index is -0.378. The highest BCUT2D eigenvalue weighted by atomic mass is 16.3. The highest BCUT2D eigenvalue weighted by molar-refractivity contribution is 5.77. The predicted octanol–water partition coefficient (Wildman–Crippen LogP) is 0.639. The van der Waals surface area contributed by atoms with Crippen LogP contribution < -0.4 is 11.1 Å². The molecule has 0 radical (unpaired) electrons. The van der Waals surface area contributed by atoms with Gasteiger partial charge in [-0.3, -0.25) is 4.79 Å². The van der Waals surface area contributed by atoms with Crippen LogP contribution in [0, 0.1) is 0 Å². The van der Waals surface area contributed by atoms with E-state index in [0.717, 1.165) is 19.4 Å². The summed E-state index contributed by atoms with van der Waals surface area (Å²) in [6.45, 7) is 6.52. The molecule has 0 saturated heterocycles. The van der Waals surface area contributed by atoms with Crippen molar-refractivity contribution in [1.82, 2.24) is 5.32 Å². The van der Waals surface area contributed by atoms with Crippen molar-refractivity contribution in [2.24, 2.45) is 5.73 Å². The van der Waals surface area contributed by atoms with Crippen molar-refractivity contribution in [3.63, 3.8) is 0 Å². The van der Waals surface area contributed by atoms with Crippen LogP contribution in [0.25, 0.3) is 0 Å². The Morgan fingerprint density at radius 3 is 2.00 bits per heavy atom. The summed E-state index contributed by atoms with van der Waals surface area (Å²) < 4.78 is 0. The zero-order valence-corrected chi connectivity index (χ0v) is 9.55. The molecule has 0 heterocycles. The predicted molar refractivity (Wildman–Crippen MR) is 58.9 cm³/mol. The number of nitrogens with two attached hydrogens (primary N) is 1. The Balaban J connectivity index is 0. The number of hydrogen-bond acceptors (Lipinski definition) is 3. The Morgan fingerprint density at radius 1 is 1.43 bits per heavy atom. The van der Waals surface area contributed by atoms with Crippen LogP contribution in [0.1, 0.15) is 40.0 Å². The van der Waals surface area contributed by atoms with E-state index in [-0.39, 0.29) is 12.5 Å². The van der Waals surface area contributed by atoms with Crippen LogP contribution in [0.5, 0.6) is 0 Å². The smallest absolute Gasteiger partial charge is 0.245 e. The van der Waals surface area contributed by atoms with Crippen molar-refractivity contribution >= 4 is 5.91 Å². The second kappa shape index (κ2) is 12.4. The topological polar surface area (TPSA) is 75.4 Å². The lowest BCUT2D eigenvalue weighted by Crippen LogP contribution is -2.27. The summed E-state index contributed by atoms with van der Waals surface area (Å²) in [5.41, 5.74) is 4.85. The molecule has 0 spiro atoms. The van der Waals surface area contributed by atoms with Gasteiger partial charge in [-0.15, -0.1) is 0 Å². The van der Waals surface area contributed by atoms with Crippen LogP contribution in [0.15, 0.2) is 0 Å². The molecule has 1 aliphatic carbocycles. The quantitative estimate of drug-likeness (QED) is 0.618. The van der Waals surface area contributed by atoms with Crippen LogP contribution in [0.2, 0.25) is 0 Å². The molecular weight excluding hydrogens is 180 g/mol. The van der Waals surface area contributed by atoms with Crippen LogP contribution in [-0.2, 0) is 4.79 Å². The fraction of sp³-hybridized carbons (Fsp3) is 0.900. The maximum atomic E-state index is 10.3. The van der Waals surface area contributed by atoms with Crippen molar-refractivity contribution in [3.05, 3.63) is 0 Å². The zero-order chi connectivity index (χ0) is 11.4. The number of carbonyl (C=O) groups is 1. The van der Waals surface area contributed by atoms with E-state index in [2.05, 4.69) is 19.2 Å². The van der Waals surface area contributed by atoms with E-state index in [1.54, 1.807) is 0 Å². The van der Waals surface area contributed by atoms with E-state index >= 15 is 0 Å². The number of hydrogen-bond donors (Lipinski definition) is 3. The average Bonchev–Trinajstić information content (AvgIpc) is 2.91. The third kappa shape index (κ3) is 17.5. The first-order valence-corrected chi connectivity index (χ1v) is 5.26. The number of amides is 1. The molecule has 4 N–H and O–H groups in total. The largest absolute Gasteiger partial charge is 0.387 e. The molecular formula is C10H24N2O2. The molecule has 4 heteroatoms. The van der Waals surface area contributed by atoms with Gasteiger partial charge < -0.3 is 16.2 Å². The molecule has 1 aliphatic rings. The van der Waals surface area contributed by atoms with Crippen molar-refractivity contribution in [3.8, 4) is 0 Å². The first kappa shape index (κ1) is 15.8. The molecule has 0 aromatic rings. The Bertz CT molecular complexity index is 123. The Kier molecular flexibility index (Phi) is 14.0. The van der Waals surface area contributed by atoms with Crippen molar-refractivity contribution in [2.45, 2.75) is 46.1 Å². The molecule has 1 saturated carbocycles. The second-order valence-corrected chi connectivity index (χ2v) is 3.12. The van der Waals surface area contributed by atoms with Gasteiger partial charge in [-0.1, -0.05) is 27.2 Å². The molecule has 1 amide bonds. The summed E-state index contributed by atoms with van der Waals surface area (Å²) in [4.78, 5) is 10.3. The lowest BCUT2D eigenvalue weighted by molar-refractivity contribution is -0.123. The van der Waals surface area contributed by atoms with Gasteiger partial charge in [0.15, 0.2) is 0 Å². The van der Waals surface area contributed by atoms with Crippen molar-refractivity contribution < 1.29 is 9.90 Å². The van der Waals surface area contributed by atoms with Gasteiger partial charge in [0.25, 0.3) is 0 Å². The minimum absolute atomic E-state index is 0.257. The lowest BCUT2D eigenvalue weighted by Gasteiger charge is -1.95. The van der Waals surface area contributed by atoms with Crippen molar-refractivity contribution in [1.29, 1.82) is 0 Å². The van der Waals surface area contributed by atoms with Gasteiger partial charge in [-0.25, -0.2) is 0 Å². The number of carbonyl (C=O) groups excluding carboxylic acids is 1. The zero-order valence-electron chi connectivity index (χ0n) is 9.55. The summed E-state index contributed by atoms with van der Waals surface area (Å²) >= 11 is 0. The standard InChI is InChI=1S/C5H9NO2.C3H8.C2H7N/c7-3-5(8)6-4-1-2-4;1-3-2;1-2-3/h4,7H,1-3H2,(H,6,8);3H2,1-2H3;2-3H2,1H3. The average molecular weight is 204 g/mol. The van der Waals surface area contributed by atoms with E-state index in [9.17, 15) is 4.79 Å². The van der Waals surface area contributed by atoms with Crippen molar-refractivity contribution in [2.75, 3.05) is 13.2 Å². The van der Waals surface area contributed by atoms with Crippen LogP contribution in [-0.4, -0.2) is 30.2 Å². The number of nitrogens with one attached hydrogen (secondary N) is 1. The molecule has 0 unspecified atom stereocenters. The van der Waals surface area contributed by atoms with Gasteiger partial charge in [0, 0.05) is 6.04 Å². The van der Waals surface area contributed by atoms with E-state index in [4.69, 9.17) is 10.8 Å². The molecule has 0 atom stereocenters. The molecule has 1 rings (SSSR count). The third-order valence-corrected chi connectivity index (χ3v) is 1.09. The second-order valence-electron chi connectivity index (χ2n) is 3.12. The summed E-state index contributed by atoms with van der Waals surface area (Å²) in [6, 6.07) is 0.370. The van der Waals surface area contributed by atoms with E-state index in [0.29, 0.717) is 6.04 Å². The molecule has 0 aliphatic heterocycles. The number of rotatable bonds is 2. The molecule has 0 aromatic heterocycles. The first-order valence-electron chi connectivity index (χ1n) is 5.26. The molecule has 0 aromatic carbocycles. The maximum Gasteiger partial charge on any atom is 0.245 e. The highest BCUT2D eigenvalue weighted by Gasteiger charge is 2.22. The lowest BCUT2D eigenvalue weighted by atomic mass is 10.6.